The van der Waals surface area contributed by atoms with E-state index in [0.717, 1.165) is 46.2 Å². The highest BCUT2D eigenvalue weighted by Gasteiger charge is 2.38. The number of hydrogen-bond donors (Lipinski definition) is 0. The Kier molecular flexibility index (Phi) is 8.68. The van der Waals surface area contributed by atoms with Crippen LogP contribution < -0.4 is 9.80 Å². The smallest absolute Gasteiger partial charge is 0.234 e. The van der Waals surface area contributed by atoms with Crippen LogP contribution in [0.2, 0.25) is 0 Å². The number of rotatable bonds is 8. The average molecular weight is 501 g/mol. The first-order valence-electron chi connectivity index (χ1n) is 11.7. The topological polar surface area (TPSA) is 56.8 Å². The summed E-state index contributed by atoms with van der Waals surface area (Å²) in [7, 11) is 0. The third kappa shape index (κ3) is 5.43. The Bertz CT molecular complexity index is 1150. The van der Waals surface area contributed by atoms with Gasteiger partial charge in [-0.2, -0.15) is 0 Å². The summed E-state index contributed by atoms with van der Waals surface area (Å²) in [5.74, 6) is -0.384. The molecule has 1 saturated heterocycles. The molecule has 1 unspecified atom stereocenters. The monoisotopic (exact) mass is 500 g/mol. The van der Waals surface area contributed by atoms with E-state index in [0.29, 0.717) is 13.1 Å². The molecule has 182 valence electrons. The predicted molar refractivity (Wildman–Crippen MR) is 143 cm³/mol. The molecule has 0 radical (unpaired) electrons. The highest BCUT2D eigenvalue weighted by molar-refractivity contribution is 7.22. The number of thiazole rings is 1. The maximum Gasteiger partial charge on any atom is 0.234 e. The molecule has 1 aliphatic rings. The molecule has 1 fully saturated rings. The number of aryl methyl sites for hydroxylation is 2. The second-order valence-electron chi connectivity index (χ2n) is 8.68. The minimum Gasteiger partial charge on any atom is -0.312 e. The summed E-state index contributed by atoms with van der Waals surface area (Å²) in [6.45, 7) is 12.0. The molecule has 0 aliphatic carbocycles. The van der Waals surface area contributed by atoms with Gasteiger partial charge < -0.3 is 9.80 Å². The van der Waals surface area contributed by atoms with Crippen molar-refractivity contribution in [2.45, 2.75) is 34.1 Å². The molecule has 4 rings (SSSR count). The minimum absolute atomic E-state index is 0. The molecule has 1 aliphatic heterocycles. The van der Waals surface area contributed by atoms with Crippen molar-refractivity contribution in [3.8, 4) is 0 Å². The number of halogens is 1. The molecule has 1 aromatic heterocycles. The maximum absolute atomic E-state index is 13.8. The van der Waals surface area contributed by atoms with Crippen molar-refractivity contribution in [1.82, 2.24) is 9.88 Å². The lowest BCUT2D eigenvalue weighted by molar-refractivity contribution is -0.124. The van der Waals surface area contributed by atoms with E-state index >= 15 is 0 Å². The summed E-state index contributed by atoms with van der Waals surface area (Å²) in [6, 6.07) is 13.8. The molecule has 3 aromatic rings. The number of amides is 2. The number of likely N-dealkylation sites (N-methyl/N-ethyl adjacent to an activating group) is 1. The number of benzene rings is 2. The van der Waals surface area contributed by atoms with Gasteiger partial charge in [0, 0.05) is 31.7 Å². The summed E-state index contributed by atoms with van der Waals surface area (Å²) in [5, 5.41) is 0.724. The van der Waals surface area contributed by atoms with Gasteiger partial charge in [-0.25, -0.2) is 4.98 Å². The normalized spacial score (nSPS) is 15.7. The molecule has 6 nitrogen and oxygen atoms in total. The summed E-state index contributed by atoms with van der Waals surface area (Å²) in [5.41, 5.74) is 4.12. The fourth-order valence-corrected chi connectivity index (χ4v) is 5.56. The van der Waals surface area contributed by atoms with E-state index in [1.807, 2.05) is 35.2 Å². The van der Waals surface area contributed by atoms with Gasteiger partial charge >= 0.3 is 0 Å². The van der Waals surface area contributed by atoms with Gasteiger partial charge in [0.2, 0.25) is 11.8 Å². The van der Waals surface area contributed by atoms with Crippen LogP contribution in [0.25, 0.3) is 10.2 Å². The fraction of sp³-hybridized carbons (Fsp3) is 0.423. The third-order valence-corrected chi connectivity index (χ3v) is 7.61. The lowest BCUT2D eigenvalue weighted by Crippen LogP contribution is -2.42. The molecule has 0 N–H and O–H groups in total. The van der Waals surface area contributed by atoms with Crippen molar-refractivity contribution in [2.24, 2.45) is 5.92 Å². The van der Waals surface area contributed by atoms with Gasteiger partial charge in [0.05, 0.1) is 16.1 Å². The van der Waals surface area contributed by atoms with Crippen LogP contribution in [0.5, 0.6) is 0 Å². The number of para-hydroxylation sites is 1. The van der Waals surface area contributed by atoms with Crippen molar-refractivity contribution < 1.29 is 9.59 Å². The van der Waals surface area contributed by atoms with Gasteiger partial charge in [-0.05, 0) is 56.3 Å². The average Bonchev–Trinajstić information content (AvgIpc) is 3.41. The van der Waals surface area contributed by atoms with Crippen molar-refractivity contribution in [3.05, 3.63) is 53.6 Å². The van der Waals surface area contributed by atoms with E-state index in [1.54, 1.807) is 16.2 Å². The lowest BCUT2D eigenvalue weighted by Gasteiger charge is -2.26. The molecule has 34 heavy (non-hydrogen) atoms. The fourth-order valence-electron chi connectivity index (χ4n) is 4.51. The second-order valence-corrected chi connectivity index (χ2v) is 9.66. The Balaban J connectivity index is 0.00000324. The molecule has 2 heterocycles. The van der Waals surface area contributed by atoms with Gasteiger partial charge in [0.15, 0.2) is 5.13 Å². The van der Waals surface area contributed by atoms with Crippen LogP contribution in [0.1, 0.15) is 31.4 Å². The molecule has 0 spiro atoms. The van der Waals surface area contributed by atoms with Gasteiger partial charge in [0.25, 0.3) is 0 Å². The molecule has 2 aromatic carbocycles. The quantitative estimate of drug-likeness (QED) is 0.433. The number of carbonyl (C=O) groups excluding carboxylic acids is 2. The number of hydrogen-bond acceptors (Lipinski definition) is 5. The predicted octanol–water partition coefficient (Wildman–Crippen LogP) is 5.06. The van der Waals surface area contributed by atoms with Gasteiger partial charge in [-0.3, -0.25) is 14.5 Å². The molecule has 8 heteroatoms. The van der Waals surface area contributed by atoms with Gasteiger partial charge in [-0.1, -0.05) is 49.4 Å². The first kappa shape index (κ1) is 26.1. The zero-order valence-corrected chi connectivity index (χ0v) is 21.9. The van der Waals surface area contributed by atoms with Crippen LogP contribution in [-0.4, -0.2) is 54.4 Å². The molecule has 0 bridgehead atoms. The second kappa shape index (κ2) is 11.3. The Morgan fingerprint density at radius 2 is 1.82 bits per heavy atom. The number of aromatic nitrogens is 1. The molecular formula is C26H33ClN4O2S. The van der Waals surface area contributed by atoms with E-state index in [9.17, 15) is 9.59 Å². The van der Waals surface area contributed by atoms with Crippen molar-refractivity contribution >= 4 is 56.6 Å². The Labute approximate surface area is 212 Å². The van der Waals surface area contributed by atoms with E-state index in [2.05, 4.69) is 44.7 Å². The summed E-state index contributed by atoms with van der Waals surface area (Å²) >= 11 is 1.57. The SMILES string of the molecule is CCN(CC)CCN(C(=O)C1CC(=O)N(c2ccccc2)C1)c1nc2cc(C)cc(C)c2s1.Cl. The van der Waals surface area contributed by atoms with E-state index in [4.69, 9.17) is 4.98 Å². The van der Waals surface area contributed by atoms with Crippen LogP contribution in [0.4, 0.5) is 10.8 Å². The van der Waals surface area contributed by atoms with Crippen LogP contribution in [-0.2, 0) is 9.59 Å². The van der Waals surface area contributed by atoms with Crippen molar-refractivity contribution in [3.63, 3.8) is 0 Å². The summed E-state index contributed by atoms with van der Waals surface area (Å²) in [6.07, 6.45) is 0.235. The van der Waals surface area contributed by atoms with E-state index < -0.39 is 0 Å². The molecular weight excluding hydrogens is 468 g/mol. The molecule has 1 atom stereocenters. The first-order chi connectivity index (χ1) is 15.9. The van der Waals surface area contributed by atoms with Crippen LogP contribution in [0.3, 0.4) is 0 Å². The largest absolute Gasteiger partial charge is 0.312 e. The molecule has 0 saturated carbocycles. The van der Waals surface area contributed by atoms with Gasteiger partial charge in [-0.15, -0.1) is 12.4 Å². The maximum atomic E-state index is 13.8. The summed E-state index contributed by atoms with van der Waals surface area (Å²) in [4.78, 5) is 37.3. The van der Waals surface area contributed by atoms with Crippen molar-refractivity contribution in [2.75, 3.05) is 42.5 Å². The number of carbonyl (C=O) groups is 2. The number of nitrogens with zero attached hydrogens (tertiary/aromatic N) is 4. The third-order valence-electron chi connectivity index (χ3n) is 6.38. The Hall–Kier alpha value is -2.48. The van der Waals surface area contributed by atoms with Crippen LogP contribution in [0, 0.1) is 19.8 Å². The van der Waals surface area contributed by atoms with Gasteiger partial charge in [0.1, 0.15) is 0 Å². The minimum atomic E-state index is -0.371. The first-order valence-corrected chi connectivity index (χ1v) is 12.5. The highest BCUT2D eigenvalue weighted by Crippen LogP contribution is 2.34. The van der Waals surface area contributed by atoms with Crippen LogP contribution in [0.15, 0.2) is 42.5 Å². The lowest BCUT2D eigenvalue weighted by atomic mass is 10.1. The van der Waals surface area contributed by atoms with E-state index in [1.165, 1.54) is 5.56 Å². The Morgan fingerprint density at radius 3 is 2.50 bits per heavy atom. The number of fused-ring (bicyclic) bond motifs is 1. The zero-order valence-electron chi connectivity index (χ0n) is 20.3. The van der Waals surface area contributed by atoms with E-state index in [-0.39, 0.29) is 36.6 Å². The molecule has 2 amide bonds. The zero-order chi connectivity index (χ0) is 23.5. The standard InChI is InChI=1S/C26H32N4O2S.ClH/c1-5-28(6-2)12-13-29(26-27-22-15-18(3)14-19(4)24(22)33-26)25(32)20-16-23(31)30(17-20)21-10-8-7-9-11-21;/h7-11,14-15,20H,5-6,12-13,16-17H2,1-4H3;1H. The highest BCUT2D eigenvalue weighted by atomic mass is 35.5. The Morgan fingerprint density at radius 1 is 1.12 bits per heavy atom. The van der Waals surface area contributed by atoms with Crippen LogP contribution >= 0.6 is 23.7 Å². The summed E-state index contributed by atoms with van der Waals surface area (Å²) < 4.78 is 1.12. The van der Waals surface area contributed by atoms with Crippen molar-refractivity contribution in [1.29, 1.82) is 0 Å². The number of anilines is 2.